The quantitative estimate of drug-likeness (QED) is 0.305. The van der Waals surface area contributed by atoms with Gasteiger partial charge in [-0.1, -0.05) is 55.8 Å². The van der Waals surface area contributed by atoms with Crippen molar-refractivity contribution in [1.82, 2.24) is 4.90 Å². The van der Waals surface area contributed by atoms with Crippen LogP contribution < -0.4 is 0 Å². The van der Waals surface area contributed by atoms with Crippen LogP contribution in [0.25, 0.3) is 0 Å². The standard InChI is InChI=1S/C25H27NO5/c1-12(2)22(25(30)31-11-19(27)14-6-4-13(3)5-7-14)26-23(28)20-15-8-9-16(18-10-17(15)18)21(20)24(26)29/h4-9,12,15-18,20-22H,10-11H2,1-3H3/t15-,16-,17-,18-,20+,21+,22-/m0/s1. The van der Waals surface area contributed by atoms with E-state index in [-0.39, 0.29) is 47.2 Å². The van der Waals surface area contributed by atoms with Crippen LogP contribution in [-0.4, -0.2) is 41.1 Å². The van der Waals surface area contributed by atoms with Crippen molar-refractivity contribution in [2.24, 2.45) is 41.4 Å². The molecule has 2 amide bonds. The summed E-state index contributed by atoms with van der Waals surface area (Å²) in [6.07, 6.45) is 5.31. The highest BCUT2D eigenvalue weighted by Gasteiger charge is 2.68. The van der Waals surface area contributed by atoms with Gasteiger partial charge in [-0.3, -0.25) is 19.3 Å². The van der Waals surface area contributed by atoms with Crippen molar-refractivity contribution >= 4 is 23.6 Å². The maximum absolute atomic E-state index is 13.3. The van der Waals surface area contributed by atoms with Crippen LogP contribution in [0.1, 0.15) is 36.2 Å². The molecule has 0 spiro atoms. The summed E-state index contributed by atoms with van der Waals surface area (Å²) in [4.78, 5) is 53.2. The Morgan fingerprint density at radius 2 is 1.55 bits per heavy atom. The van der Waals surface area contributed by atoms with Crippen LogP contribution in [0.3, 0.4) is 0 Å². The summed E-state index contributed by atoms with van der Waals surface area (Å²) in [5, 5.41) is 0. The molecule has 2 saturated carbocycles. The third kappa shape index (κ3) is 3.07. The summed E-state index contributed by atoms with van der Waals surface area (Å²) in [5.74, 6) is -1.30. The predicted octanol–water partition coefficient (Wildman–Crippen LogP) is 2.80. The molecule has 1 aromatic rings. The van der Waals surface area contributed by atoms with E-state index in [1.54, 1.807) is 26.0 Å². The summed E-state index contributed by atoms with van der Waals surface area (Å²) in [7, 11) is 0. The topological polar surface area (TPSA) is 80.8 Å². The zero-order chi connectivity index (χ0) is 22.0. The zero-order valence-electron chi connectivity index (χ0n) is 18.0. The molecule has 5 aliphatic rings. The van der Waals surface area contributed by atoms with Crippen LogP contribution in [0.15, 0.2) is 36.4 Å². The molecular weight excluding hydrogens is 394 g/mol. The molecule has 1 saturated heterocycles. The van der Waals surface area contributed by atoms with E-state index in [1.165, 1.54) is 0 Å². The van der Waals surface area contributed by atoms with Gasteiger partial charge in [-0.05, 0) is 42.9 Å². The number of ketones is 1. The van der Waals surface area contributed by atoms with Crippen molar-refractivity contribution in [3.63, 3.8) is 0 Å². The van der Waals surface area contributed by atoms with Crippen molar-refractivity contribution in [1.29, 1.82) is 0 Å². The first-order valence-corrected chi connectivity index (χ1v) is 11.1. The number of nitrogens with zero attached hydrogens (tertiary/aromatic N) is 1. The minimum Gasteiger partial charge on any atom is -0.456 e. The minimum atomic E-state index is -1.01. The van der Waals surface area contributed by atoms with Gasteiger partial charge in [-0.25, -0.2) is 4.79 Å². The number of benzene rings is 1. The normalized spacial score (nSPS) is 33.4. The van der Waals surface area contributed by atoms with Crippen molar-refractivity contribution in [3.8, 4) is 0 Å². The molecule has 0 radical (unpaired) electrons. The Kier molecular flexibility index (Phi) is 4.65. The number of esters is 1. The fourth-order valence-corrected chi connectivity index (χ4v) is 5.97. The Balaban J connectivity index is 1.32. The van der Waals surface area contributed by atoms with Crippen molar-refractivity contribution in [2.45, 2.75) is 33.2 Å². The summed E-state index contributed by atoms with van der Waals surface area (Å²) < 4.78 is 5.32. The van der Waals surface area contributed by atoms with E-state index in [0.29, 0.717) is 17.4 Å². The number of hydrogen-bond acceptors (Lipinski definition) is 5. The first kappa shape index (κ1) is 20.2. The summed E-state index contributed by atoms with van der Waals surface area (Å²) in [6.45, 7) is 5.10. The molecule has 1 aromatic carbocycles. The number of aryl methyl sites for hydroxylation is 1. The lowest BCUT2D eigenvalue weighted by molar-refractivity contribution is -0.160. The van der Waals surface area contributed by atoms with E-state index in [9.17, 15) is 19.2 Å². The second-order valence-corrected chi connectivity index (χ2v) is 9.79. The summed E-state index contributed by atoms with van der Waals surface area (Å²) >= 11 is 0. The smallest absolute Gasteiger partial charge is 0.330 e. The maximum atomic E-state index is 13.3. The molecule has 4 aliphatic carbocycles. The third-order valence-corrected chi connectivity index (χ3v) is 7.57. The van der Waals surface area contributed by atoms with Gasteiger partial charge in [0.25, 0.3) is 0 Å². The fourth-order valence-electron chi connectivity index (χ4n) is 5.97. The SMILES string of the molecule is Cc1ccc(C(=O)COC(=O)[C@H](C(C)C)N2C(=O)[C@@H]3[C@H]4C=C[C@@H]([C@@H]5C[C@@H]45)[C@H]3C2=O)cc1. The summed E-state index contributed by atoms with van der Waals surface area (Å²) in [5.41, 5.74) is 1.49. The van der Waals surface area contributed by atoms with E-state index in [4.69, 9.17) is 4.74 Å². The Morgan fingerprint density at radius 1 is 1.00 bits per heavy atom. The Morgan fingerprint density at radius 3 is 2.06 bits per heavy atom. The van der Waals surface area contributed by atoms with Crippen LogP contribution in [0.2, 0.25) is 0 Å². The minimum absolute atomic E-state index is 0.105. The summed E-state index contributed by atoms with van der Waals surface area (Å²) in [6, 6.07) is 6.02. The largest absolute Gasteiger partial charge is 0.456 e. The average Bonchev–Trinajstić information content (AvgIpc) is 3.53. The molecular formula is C25H27NO5. The Hall–Kier alpha value is -2.76. The number of allylic oxidation sites excluding steroid dienone is 2. The number of ether oxygens (including phenoxy) is 1. The van der Waals surface area contributed by atoms with Crippen LogP contribution in [0.4, 0.5) is 0 Å². The molecule has 0 unspecified atom stereocenters. The first-order chi connectivity index (χ1) is 14.8. The average molecular weight is 421 g/mol. The highest BCUT2D eigenvalue weighted by atomic mass is 16.5. The highest BCUT2D eigenvalue weighted by molar-refractivity contribution is 6.09. The molecule has 31 heavy (non-hydrogen) atoms. The van der Waals surface area contributed by atoms with Crippen LogP contribution in [0.5, 0.6) is 0 Å². The second-order valence-electron chi connectivity index (χ2n) is 9.79. The van der Waals surface area contributed by atoms with Gasteiger partial charge < -0.3 is 4.74 Å². The fraction of sp³-hybridized carbons (Fsp3) is 0.520. The number of rotatable bonds is 6. The lowest BCUT2D eigenvalue weighted by Crippen LogP contribution is -2.49. The molecule has 0 N–H and O–H groups in total. The van der Waals surface area contributed by atoms with E-state index < -0.39 is 18.6 Å². The lowest BCUT2D eigenvalue weighted by Gasteiger charge is -2.37. The molecule has 1 heterocycles. The van der Waals surface area contributed by atoms with Gasteiger partial charge in [-0.2, -0.15) is 0 Å². The van der Waals surface area contributed by atoms with Gasteiger partial charge in [0.15, 0.2) is 12.4 Å². The van der Waals surface area contributed by atoms with Crippen LogP contribution in [-0.2, 0) is 19.1 Å². The van der Waals surface area contributed by atoms with Gasteiger partial charge in [0.2, 0.25) is 11.8 Å². The third-order valence-electron chi connectivity index (χ3n) is 7.57. The lowest BCUT2D eigenvalue weighted by atomic mass is 9.63. The number of carbonyl (C=O) groups is 4. The van der Waals surface area contributed by atoms with Gasteiger partial charge in [0.05, 0.1) is 11.8 Å². The van der Waals surface area contributed by atoms with Gasteiger partial charge >= 0.3 is 5.97 Å². The molecule has 7 atom stereocenters. The van der Waals surface area contributed by atoms with Crippen molar-refractivity contribution in [3.05, 3.63) is 47.5 Å². The molecule has 3 fully saturated rings. The molecule has 6 rings (SSSR count). The molecule has 1 aliphatic heterocycles. The zero-order valence-corrected chi connectivity index (χ0v) is 18.0. The van der Waals surface area contributed by atoms with Gasteiger partial charge in [-0.15, -0.1) is 0 Å². The number of Topliss-reactive ketones (excluding diaryl/α,β-unsaturated/α-hetero) is 1. The van der Waals surface area contributed by atoms with E-state index in [2.05, 4.69) is 12.2 Å². The molecule has 6 nitrogen and oxygen atoms in total. The molecule has 6 heteroatoms. The number of imide groups is 1. The van der Waals surface area contributed by atoms with Gasteiger partial charge in [0.1, 0.15) is 6.04 Å². The van der Waals surface area contributed by atoms with Crippen LogP contribution in [0, 0.1) is 48.3 Å². The number of likely N-dealkylation sites (tertiary alicyclic amines) is 1. The number of carbonyl (C=O) groups excluding carboxylic acids is 4. The molecule has 2 bridgehead atoms. The van der Waals surface area contributed by atoms with E-state index in [1.807, 2.05) is 19.1 Å². The monoisotopic (exact) mass is 421 g/mol. The maximum Gasteiger partial charge on any atom is 0.330 e. The van der Waals surface area contributed by atoms with Crippen molar-refractivity contribution in [2.75, 3.05) is 6.61 Å². The van der Waals surface area contributed by atoms with Crippen LogP contribution >= 0.6 is 0 Å². The Labute approximate surface area is 181 Å². The van der Waals surface area contributed by atoms with E-state index in [0.717, 1.165) is 16.9 Å². The highest BCUT2D eigenvalue weighted by Crippen LogP contribution is 2.65. The van der Waals surface area contributed by atoms with Gasteiger partial charge in [0, 0.05) is 5.56 Å². The number of amides is 2. The van der Waals surface area contributed by atoms with Crippen molar-refractivity contribution < 1.29 is 23.9 Å². The number of hydrogen-bond donors (Lipinski definition) is 0. The Bertz CT molecular complexity index is 958. The first-order valence-electron chi connectivity index (χ1n) is 11.1. The predicted molar refractivity (Wildman–Crippen MR) is 112 cm³/mol. The molecule has 162 valence electrons. The molecule has 0 aromatic heterocycles. The second kappa shape index (κ2) is 7.14. The van der Waals surface area contributed by atoms with E-state index >= 15 is 0 Å².